The Morgan fingerprint density at radius 3 is 1.11 bits per heavy atom. The summed E-state index contributed by atoms with van der Waals surface area (Å²) < 4.78 is 74.8. The van der Waals surface area contributed by atoms with Crippen LogP contribution in [-0.2, 0) is 61.0 Å². The maximum Gasteiger partial charge on any atom is 0.407 e. The van der Waals surface area contributed by atoms with E-state index in [0.29, 0.717) is 101 Å². The van der Waals surface area contributed by atoms with E-state index in [1.165, 1.54) is 64.0 Å². The van der Waals surface area contributed by atoms with E-state index in [0.717, 1.165) is 198 Å². The highest BCUT2D eigenvalue weighted by atomic mass is 32.1. The Balaban J connectivity index is 0.000000146. The second kappa shape index (κ2) is 44.0. The van der Waals surface area contributed by atoms with Gasteiger partial charge in [-0.1, -0.05) is 30.3 Å². The second-order valence-corrected chi connectivity index (χ2v) is 39.2. The topological polar surface area (TPSA) is 308 Å². The van der Waals surface area contributed by atoms with E-state index in [1.807, 2.05) is 84.3 Å². The van der Waals surface area contributed by atoms with Crippen LogP contribution in [0.2, 0.25) is 0 Å². The minimum atomic E-state index is -0.505. The van der Waals surface area contributed by atoms with Crippen LogP contribution in [-0.4, -0.2) is 145 Å². The summed E-state index contributed by atoms with van der Waals surface area (Å²) in [5.41, 5.74) is 20.3. The molecular formula is C100H111F3N12O11S3. The van der Waals surface area contributed by atoms with Crippen LogP contribution in [0.5, 0.6) is 34.5 Å². The maximum atomic E-state index is 15.0. The molecule has 3 aliphatic heterocycles. The molecule has 1 amide bonds. The smallest absolute Gasteiger partial charge is 0.407 e. The number of hydrogen-bond acceptors (Lipinski definition) is 25. The standard InChI is InChI=1S/C35H39FN4O4S.C30H31FN4O2S.C25H19FN2O3S.C5H12N2.C5H10O2/c1-35(2,3)44-34(42)39-25-11-14-40(15-12-25)21-24-6-8-28(38-20-24)32-19-29-33(45-32)31(10-13-37-29)43-30-9-7-23(18-27(30)36)17-26(41)16-22-4-5-22;31-24-15-20(14-23(36)13-19-1-2-19)4-6-27(24)37-28-7-10-33-26-16-29(38-30(26)28)25-5-3-21(17-34-25)18-35-11-8-22(32)9-12-35;26-19-11-16(10-18(30)9-15-1-2-15)4-6-22(19)31-23-7-8-27-21-12-24(32-25(21)23)20-5-3-17(14-29)13-28-20;6-5-1-3-7-4-2-5;1-5(2,3)7-4-6/h6-10,13,18-20,22,25H,4-5,11-12,14-17,21H2,1-3H3,(H,39,42);3-7,10,15-17,19,22H,1-2,8-9,11-14,18,32H2;3-8,11-15H,1-2,9-10H2;5,7H,1-4,6H2;4H,1-3H3. The van der Waals surface area contributed by atoms with Gasteiger partial charge in [0.1, 0.15) is 45.8 Å². The van der Waals surface area contributed by atoms with Crippen molar-refractivity contribution in [3.8, 4) is 66.2 Å². The van der Waals surface area contributed by atoms with E-state index in [2.05, 4.69) is 57.2 Å². The summed E-state index contributed by atoms with van der Waals surface area (Å²) in [6.07, 6.45) is 26.1. The molecule has 29 heteroatoms. The number of carbonyl (C=O) groups excluding carboxylic acids is 6. The Bertz CT molecular complexity index is 5850. The maximum absolute atomic E-state index is 15.0. The van der Waals surface area contributed by atoms with Gasteiger partial charge in [-0.2, -0.15) is 0 Å². The molecule has 0 spiro atoms. The van der Waals surface area contributed by atoms with E-state index in [4.69, 9.17) is 40.4 Å². The van der Waals surface area contributed by atoms with Crippen molar-refractivity contribution in [2.24, 2.45) is 29.2 Å². The minimum Gasteiger partial charge on any atom is -0.462 e. The van der Waals surface area contributed by atoms with Crippen molar-refractivity contribution in [2.45, 2.75) is 200 Å². The highest BCUT2D eigenvalue weighted by molar-refractivity contribution is 7.23. The van der Waals surface area contributed by atoms with Crippen LogP contribution in [0.15, 0.2) is 165 Å². The van der Waals surface area contributed by atoms with E-state index < -0.39 is 23.1 Å². The first kappa shape index (κ1) is 94.0. The fraction of sp³-hybridized carbons (Fsp3) is 0.400. The third-order valence-electron chi connectivity index (χ3n) is 22.5. The number of nitrogens with one attached hydrogen (secondary N) is 2. The summed E-state index contributed by atoms with van der Waals surface area (Å²) in [5, 5.41) is 6.22. The predicted octanol–water partition coefficient (Wildman–Crippen LogP) is 20.5. The first-order chi connectivity index (χ1) is 62.1. The molecule has 23 nitrogen and oxygen atoms in total. The van der Waals surface area contributed by atoms with Crippen LogP contribution in [0.4, 0.5) is 18.0 Å². The van der Waals surface area contributed by atoms with Crippen molar-refractivity contribution in [3.63, 3.8) is 0 Å². The number of aromatic nitrogens is 6. The summed E-state index contributed by atoms with van der Waals surface area (Å²) in [6.45, 7) is 19.2. The molecule has 6 aliphatic rings. The van der Waals surface area contributed by atoms with E-state index in [1.54, 1.807) is 85.3 Å². The van der Waals surface area contributed by atoms with Crippen LogP contribution >= 0.6 is 34.0 Å². The Labute approximate surface area is 761 Å². The van der Waals surface area contributed by atoms with Gasteiger partial charge in [-0.3, -0.25) is 63.7 Å². The lowest BCUT2D eigenvalue weighted by atomic mass is 10.0. The molecule has 9 aromatic heterocycles. The van der Waals surface area contributed by atoms with Gasteiger partial charge in [0, 0.05) is 144 Å². The normalized spacial score (nSPS) is 15.8. The molecule has 3 aliphatic carbocycles. The third-order valence-corrected chi connectivity index (χ3v) is 26.0. The predicted molar refractivity (Wildman–Crippen MR) is 499 cm³/mol. The monoisotopic (exact) mass is 1810 g/mol. The Morgan fingerprint density at radius 1 is 0.442 bits per heavy atom. The molecule has 3 saturated carbocycles. The van der Waals surface area contributed by atoms with Gasteiger partial charge in [0.2, 0.25) is 0 Å². The molecule has 0 bridgehead atoms. The van der Waals surface area contributed by atoms with Crippen LogP contribution in [0, 0.1) is 35.2 Å². The number of hydrogen-bond donors (Lipinski definition) is 4. The number of Topliss-reactive ketones (excluding diaryl/α,β-unsaturated/α-hetero) is 3. The Morgan fingerprint density at radius 2 is 0.806 bits per heavy atom. The number of rotatable bonds is 28. The van der Waals surface area contributed by atoms with Crippen molar-refractivity contribution < 1.29 is 65.6 Å². The second-order valence-electron chi connectivity index (χ2n) is 36.0. The number of amides is 1. The van der Waals surface area contributed by atoms with Gasteiger partial charge in [-0.15, -0.1) is 34.0 Å². The lowest BCUT2D eigenvalue weighted by Crippen LogP contribution is -2.45. The number of thiophene rings is 3. The number of ether oxygens (including phenoxy) is 5. The lowest BCUT2D eigenvalue weighted by Gasteiger charge is -2.32. The number of nitrogens with two attached hydrogens (primary N) is 2. The van der Waals surface area contributed by atoms with E-state index >= 15 is 0 Å². The molecule has 6 fully saturated rings. The third kappa shape index (κ3) is 28.7. The summed E-state index contributed by atoms with van der Waals surface area (Å²) >= 11 is 4.46. The van der Waals surface area contributed by atoms with Crippen molar-refractivity contribution in [3.05, 3.63) is 215 Å². The number of likely N-dealkylation sites (tertiary alicyclic amines) is 2. The zero-order valence-electron chi connectivity index (χ0n) is 73.7. The molecule has 676 valence electrons. The molecule has 18 rings (SSSR count). The summed E-state index contributed by atoms with van der Waals surface area (Å²) in [7, 11) is 0. The Hall–Kier alpha value is -11.2. The molecule has 129 heavy (non-hydrogen) atoms. The van der Waals surface area contributed by atoms with Crippen molar-refractivity contribution >= 4 is 101 Å². The fourth-order valence-corrected chi connectivity index (χ4v) is 18.2. The molecule has 0 unspecified atom stereocenters. The summed E-state index contributed by atoms with van der Waals surface area (Å²) in [4.78, 5) is 104. The Kier molecular flexibility index (Phi) is 32.0. The molecule has 6 N–H and O–H groups in total. The minimum absolute atomic E-state index is 0.0966. The lowest BCUT2D eigenvalue weighted by molar-refractivity contribution is -0.138. The molecule has 12 aromatic rings. The van der Waals surface area contributed by atoms with E-state index in [-0.39, 0.29) is 71.6 Å². The molecule has 12 heterocycles. The van der Waals surface area contributed by atoms with Gasteiger partial charge < -0.3 is 45.8 Å². The number of alkyl carbamates (subject to hydrolysis) is 1. The van der Waals surface area contributed by atoms with Gasteiger partial charge in [0.25, 0.3) is 6.47 Å². The number of nitrogens with zero attached hydrogens (tertiary/aromatic N) is 8. The largest absolute Gasteiger partial charge is 0.462 e. The number of benzene rings is 3. The molecule has 3 saturated heterocycles. The highest BCUT2D eigenvalue weighted by Gasteiger charge is 2.30. The van der Waals surface area contributed by atoms with Gasteiger partial charge in [-0.05, 0) is 269 Å². The average molecular weight is 1810 g/mol. The number of ketones is 3. The molecule has 0 atom stereocenters. The van der Waals surface area contributed by atoms with Crippen molar-refractivity contribution in [1.29, 1.82) is 0 Å². The van der Waals surface area contributed by atoms with Gasteiger partial charge in [-0.25, -0.2) is 18.0 Å². The van der Waals surface area contributed by atoms with Gasteiger partial charge in [0.05, 0.1) is 62.4 Å². The average Bonchev–Trinajstić information content (AvgIpc) is 1.66. The van der Waals surface area contributed by atoms with Crippen LogP contribution in [0.25, 0.3) is 62.4 Å². The van der Waals surface area contributed by atoms with Crippen LogP contribution in [0.3, 0.4) is 0 Å². The zero-order chi connectivity index (χ0) is 90.7. The number of pyridine rings is 6. The van der Waals surface area contributed by atoms with Gasteiger partial charge >= 0.3 is 6.09 Å². The van der Waals surface area contributed by atoms with Crippen LogP contribution < -0.4 is 36.3 Å². The first-order valence-corrected chi connectivity index (χ1v) is 46.8. The number of piperidine rings is 3. The molecule has 3 aromatic carbocycles. The van der Waals surface area contributed by atoms with Crippen molar-refractivity contribution in [1.82, 2.24) is 50.3 Å². The van der Waals surface area contributed by atoms with Gasteiger partial charge in [0.15, 0.2) is 41.0 Å². The number of halogens is 3. The quantitative estimate of drug-likeness (QED) is 0.0331. The summed E-state index contributed by atoms with van der Waals surface area (Å²) in [5.74, 6) is 2.48. The summed E-state index contributed by atoms with van der Waals surface area (Å²) in [6, 6.07) is 37.9. The highest BCUT2D eigenvalue weighted by Crippen LogP contribution is 2.44. The zero-order valence-corrected chi connectivity index (χ0v) is 76.1. The van der Waals surface area contributed by atoms with Crippen LogP contribution in [0.1, 0.15) is 176 Å². The number of aldehydes is 1. The SMILES string of the molecule is CC(C)(C)OC(=O)NC1CCN(Cc2ccc(-c3cc4nccc(Oc5ccc(CC(=O)CC6CC6)cc5F)c4s3)nc2)CC1.CC(C)(C)OC=O.NC1CCN(Cc2ccc(-c3cc4nccc(Oc5ccc(CC(=O)CC6CC6)cc5F)c4s3)nc2)CC1.NC1CCNCC1.O=Cc1ccc(-c2cc3nccc(Oc4ccc(CC(=O)CC5CC5)cc4F)c3s2)nc1. The first-order valence-electron chi connectivity index (χ1n) is 44.3. The molecular weight excluding hydrogens is 1700 g/mol. The van der Waals surface area contributed by atoms with Crippen molar-refractivity contribution in [2.75, 3.05) is 39.3 Å². The number of carbonyl (C=O) groups is 6. The van der Waals surface area contributed by atoms with E-state index in [9.17, 15) is 41.9 Å². The molecule has 0 radical (unpaired) electrons. The number of fused-ring (bicyclic) bond motifs is 3. The fourth-order valence-electron chi connectivity index (χ4n) is 15.0.